The lowest BCUT2D eigenvalue weighted by Crippen LogP contribution is -2.41. The van der Waals surface area contributed by atoms with Crippen molar-refractivity contribution in [2.45, 2.75) is 31.6 Å². The highest BCUT2D eigenvalue weighted by Gasteiger charge is 2.27. The Morgan fingerprint density at radius 2 is 1.61 bits per heavy atom. The highest BCUT2D eigenvalue weighted by molar-refractivity contribution is 7.92. The first-order valence-corrected chi connectivity index (χ1v) is 12.5. The van der Waals surface area contributed by atoms with Gasteiger partial charge in [-0.25, -0.2) is 8.42 Å². The van der Waals surface area contributed by atoms with Crippen LogP contribution in [0.5, 0.6) is 5.75 Å². The molecule has 0 saturated heterocycles. The molecule has 3 aromatic carbocycles. The van der Waals surface area contributed by atoms with Gasteiger partial charge in [-0.1, -0.05) is 48.0 Å². The molecule has 0 aliphatic rings. The van der Waals surface area contributed by atoms with Gasteiger partial charge in [-0.3, -0.25) is 9.10 Å². The topological polar surface area (TPSA) is 75.7 Å². The fourth-order valence-electron chi connectivity index (χ4n) is 3.37. The SMILES string of the molecule is CCOc1ccc(S(=O)(=O)N(CC(=O)NCCCc2ccc(C)cc2)c2ccccc2)cc1. The molecule has 0 spiro atoms. The van der Waals surface area contributed by atoms with Crippen LogP contribution in [0, 0.1) is 6.92 Å². The molecule has 0 heterocycles. The summed E-state index contributed by atoms with van der Waals surface area (Å²) >= 11 is 0. The number of nitrogens with one attached hydrogen (secondary N) is 1. The van der Waals surface area contributed by atoms with Crippen LogP contribution < -0.4 is 14.4 Å². The van der Waals surface area contributed by atoms with Crippen LogP contribution in [0.25, 0.3) is 0 Å². The van der Waals surface area contributed by atoms with Crippen molar-refractivity contribution in [2.24, 2.45) is 0 Å². The van der Waals surface area contributed by atoms with E-state index in [1.54, 1.807) is 42.5 Å². The minimum atomic E-state index is -3.94. The Morgan fingerprint density at radius 1 is 0.939 bits per heavy atom. The molecule has 0 saturated carbocycles. The van der Waals surface area contributed by atoms with Gasteiger partial charge in [0, 0.05) is 6.54 Å². The standard InChI is InChI=1S/C26H30N2O4S/c1-3-32-24-15-17-25(18-16-24)33(30,31)28(23-9-5-4-6-10-23)20-26(29)27-19-7-8-22-13-11-21(2)12-14-22/h4-6,9-18H,3,7-8,19-20H2,1-2H3,(H,27,29). The van der Waals surface area contributed by atoms with E-state index in [1.807, 2.05) is 13.8 Å². The van der Waals surface area contributed by atoms with E-state index in [1.165, 1.54) is 23.3 Å². The molecule has 7 heteroatoms. The Kier molecular flexibility index (Phi) is 8.49. The molecule has 0 bridgehead atoms. The van der Waals surface area contributed by atoms with Crippen LogP contribution in [0.2, 0.25) is 0 Å². The molecule has 6 nitrogen and oxygen atoms in total. The summed E-state index contributed by atoms with van der Waals surface area (Å²) in [6.07, 6.45) is 1.61. The second-order valence-corrected chi connectivity index (χ2v) is 9.55. The molecule has 3 rings (SSSR count). The van der Waals surface area contributed by atoms with Crippen LogP contribution in [0.4, 0.5) is 5.69 Å². The van der Waals surface area contributed by atoms with Crippen LogP contribution in [0.15, 0.2) is 83.8 Å². The van der Waals surface area contributed by atoms with Crippen molar-refractivity contribution in [1.29, 1.82) is 0 Å². The predicted octanol–water partition coefficient (Wildman–Crippen LogP) is 4.34. The second kappa shape index (κ2) is 11.5. The molecule has 0 aromatic heterocycles. The summed E-state index contributed by atoms with van der Waals surface area (Å²) in [7, 11) is -3.94. The number of para-hydroxylation sites is 1. The number of ether oxygens (including phenoxy) is 1. The Balaban J connectivity index is 1.67. The predicted molar refractivity (Wildman–Crippen MR) is 131 cm³/mol. The van der Waals surface area contributed by atoms with Crippen LogP contribution in [-0.2, 0) is 21.2 Å². The number of anilines is 1. The van der Waals surface area contributed by atoms with Crippen LogP contribution in [-0.4, -0.2) is 34.0 Å². The van der Waals surface area contributed by atoms with Gasteiger partial charge in [0.1, 0.15) is 12.3 Å². The summed E-state index contributed by atoms with van der Waals surface area (Å²) in [6.45, 7) is 4.57. The molecule has 0 atom stereocenters. The molecule has 1 amide bonds. The van der Waals surface area contributed by atoms with Crippen molar-refractivity contribution < 1.29 is 17.9 Å². The molecule has 0 aliphatic heterocycles. The number of hydrogen-bond donors (Lipinski definition) is 1. The zero-order chi connectivity index (χ0) is 23.7. The number of sulfonamides is 1. The van der Waals surface area contributed by atoms with Crippen LogP contribution >= 0.6 is 0 Å². The van der Waals surface area contributed by atoms with Crippen LogP contribution in [0.3, 0.4) is 0 Å². The highest BCUT2D eigenvalue weighted by atomic mass is 32.2. The Bertz CT molecular complexity index is 1130. The number of hydrogen-bond acceptors (Lipinski definition) is 4. The lowest BCUT2D eigenvalue weighted by atomic mass is 10.1. The first-order valence-electron chi connectivity index (χ1n) is 11.0. The van der Waals surface area contributed by atoms with Gasteiger partial charge in [-0.2, -0.15) is 0 Å². The number of carbonyl (C=O) groups excluding carboxylic acids is 1. The maximum absolute atomic E-state index is 13.4. The van der Waals surface area contributed by atoms with Crippen molar-refractivity contribution in [2.75, 3.05) is 24.0 Å². The fourth-order valence-corrected chi connectivity index (χ4v) is 4.79. The minimum absolute atomic E-state index is 0.0991. The molecular weight excluding hydrogens is 436 g/mol. The van der Waals surface area contributed by atoms with E-state index >= 15 is 0 Å². The molecule has 174 valence electrons. The van der Waals surface area contributed by atoms with E-state index in [9.17, 15) is 13.2 Å². The molecule has 1 N–H and O–H groups in total. The fraction of sp³-hybridized carbons (Fsp3) is 0.269. The maximum atomic E-state index is 13.4. The van der Waals surface area contributed by atoms with Gasteiger partial charge in [0.25, 0.3) is 10.0 Å². The van der Waals surface area contributed by atoms with Gasteiger partial charge in [0.15, 0.2) is 0 Å². The van der Waals surface area contributed by atoms with E-state index in [4.69, 9.17) is 4.74 Å². The van der Waals surface area contributed by atoms with E-state index in [2.05, 4.69) is 29.6 Å². The number of rotatable bonds is 11. The summed E-state index contributed by atoms with van der Waals surface area (Å²) in [6, 6.07) is 23.2. The van der Waals surface area contributed by atoms with E-state index in [0.717, 1.165) is 17.1 Å². The average molecular weight is 467 g/mol. The van der Waals surface area contributed by atoms with Gasteiger partial charge in [0.05, 0.1) is 17.2 Å². The molecule has 0 radical (unpaired) electrons. The zero-order valence-electron chi connectivity index (χ0n) is 19.0. The monoisotopic (exact) mass is 466 g/mol. The zero-order valence-corrected chi connectivity index (χ0v) is 19.8. The first kappa shape index (κ1) is 24.3. The van der Waals surface area contributed by atoms with Gasteiger partial charge in [0.2, 0.25) is 5.91 Å². The average Bonchev–Trinajstić information content (AvgIpc) is 2.82. The van der Waals surface area contributed by atoms with Crippen molar-refractivity contribution in [3.05, 3.63) is 90.0 Å². The Labute approximate surface area is 196 Å². The number of benzene rings is 3. The van der Waals surface area contributed by atoms with Crippen molar-refractivity contribution in [1.82, 2.24) is 5.32 Å². The normalized spacial score (nSPS) is 11.1. The maximum Gasteiger partial charge on any atom is 0.264 e. The summed E-state index contributed by atoms with van der Waals surface area (Å²) in [5, 5.41) is 2.85. The summed E-state index contributed by atoms with van der Waals surface area (Å²) in [5.74, 6) is 0.242. The molecule has 3 aromatic rings. The number of aryl methyl sites for hydroxylation is 2. The molecular formula is C26H30N2O4S. The van der Waals surface area contributed by atoms with Crippen LogP contribution in [0.1, 0.15) is 24.5 Å². The third kappa shape index (κ3) is 6.83. The first-order chi connectivity index (χ1) is 15.9. The lowest BCUT2D eigenvalue weighted by molar-refractivity contribution is -0.119. The van der Waals surface area contributed by atoms with Crippen molar-refractivity contribution in [3.8, 4) is 5.75 Å². The summed E-state index contributed by atoms with van der Waals surface area (Å²) in [5.41, 5.74) is 2.85. The third-order valence-electron chi connectivity index (χ3n) is 5.14. The van der Waals surface area contributed by atoms with Crippen molar-refractivity contribution in [3.63, 3.8) is 0 Å². The van der Waals surface area contributed by atoms with Gasteiger partial charge in [-0.05, 0) is 68.7 Å². The molecule has 0 fully saturated rings. The highest BCUT2D eigenvalue weighted by Crippen LogP contribution is 2.25. The largest absolute Gasteiger partial charge is 0.494 e. The number of carbonyl (C=O) groups is 1. The molecule has 0 aliphatic carbocycles. The summed E-state index contributed by atoms with van der Waals surface area (Å²) < 4.78 is 33.3. The number of amides is 1. The Hall–Kier alpha value is -3.32. The Morgan fingerprint density at radius 3 is 2.24 bits per heavy atom. The van der Waals surface area contributed by atoms with Crippen molar-refractivity contribution >= 4 is 21.6 Å². The molecule has 0 unspecified atom stereocenters. The quantitative estimate of drug-likeness (QED) is 0.427. The lowest BCUT2D eigenvalue weighted by Gasteiger charge is -2.24. The van der Waals surface area contributed by atoms with E-state index in [0.29, 0.717) is 24.6 Å². The second-order valence-electron chi connectivity index (χ2n) is 7.69. The summed E-state index contributed by atoms with van der Waals surface area (Å²) in [4.78, 5) is 12.8. The van der Waals surface area contributed by atoms with Gasteiger partial charge < -0.3 is 10.1 Å². The van der Waals surface area contributed by atoms with Gasteiger partial charge in [-0.15, -0.1) is 0 Å². The van der Waals surface area contributed by atoms with Gasteiger partial charge >= 0.3 is 0 Å². The smallest absolute Gasteiger partial charge is 0.264 e. The van der Waals surface area contributed by atoms with E-state index < -0.39 is 10.0 Å². The molecule has 33 heavy (non-hydrogen) atoms. The van der Waals surface area contributed by atoms with E-state index in [-0.39, 0.29) is 17.3 Å². The third-order valence-corrected chi connectivity index (χ3v) is 6.93. The number of nitrogens with zero attached hydrogens (tertiary/aromatic N) is 1. The minimum Gasteiger partial charge on any atom is -0.494 e.